The first kappa shape index (κ1) is 33.6. The molecule has 1 aliphatic heterocycles. The van der Waals surface area contributed by atoms with Crippen molar-refractivity contribution in [2.24, 2.45) is 17.8 Å². The highest BCUT2D eigenvalue weighted by molar-refractivity contribution is 5.71. The van der Waals surface area contributed by atoms with Gasteiger partial charge < -0.3 is 9.84 Å². The minimum absolute atomic E-state index is 0.0625. The van der Waals surface area contributed by atoms with Gasteiger partial charge in [-0.05, 0) is 105 Å². The number of halogens is 6. The number of cyclic esters (lactones) is 1. The summed E-state index contributed by atoms with van der Waals surface area (Å²) in [5, 5.41) is 9.12. The smallest absolute Gasteiger partial charge is 0.416 e. The van der Waals surface area contributed by atoms with Crippen molar-refractivity contribution in [1.82, 2.24) is 4.90 Å². The van der Waals surface area contributed by atoms with Gasteiger partial charge >= 0.3 is 24.4 Å². The summed E-state index contributed by atoms with van der Waals surface area (Å²) < 4.78 is 86.2. The van der Waals surface area contributed by atoms with E-state index in [0.717, 1.165) is 61.6 Å². The number of carbonyl (C=O) groups is 2. The van der Waals surface area contributed by atoms with Gasteiger partial charge in [-0.3, -0.25) is 9.69 Å². The molecule has 2 aromatic rings. The predicted molar refractivity (Wildman–Crippen MR) is 152 cm³/mol. The minimum atomic E-state index is -5.01. The number of alkyl halides is 6. The van der Waals surface area contributed by atoms with Gasteiger partial charge in [-0.15, -0.1) is 0 Å². The molecule has 3 atom stereocenters. The van der Waals surface area contributed by atoms with Crippen molar-refractivity contribution in [3.05, 3.63) is 69.8 Å². The Balaban J connectivity index is 1.49. The molecule has 11 heteroatoms. The Morgan fingerprint density at radius 1 is 0.977 bits per heavy atom. The van der Waals surface area contributed by atoms with E-state index in [1.54, 1.807) is 6.92 Å². The van der Waals surface area contributed by atoms with Crippen LogP contribution < -0.4 is 0 Å². The molecule has 44 heavy (non-hydrogen) atoms. The van der Waals surface area contributed by atoms with Crippen LogP contribution in [0.5, 0.6) is 0 Å². The first-order valence-electron chi connectivity index (χ1n) is 15.1. The summed E-state index contributed by atoms with van der Waals surface area (Å²) >= 11 is 0. The zero-order chi connectivity index (χ0) is 32.4. The number of hydrogen-bond donors (Lipinski definition) is 1. The number of nitrogens with zero attached hydrogens (tertiary/aromatic N) is 1. The summed E-state index contributed by atoms with van der Waals surface area (Å²) in [6, 6.07) is 6.42. The number of hydrogen-bond acceptors (Lipinski definition) is 3. The van der Waals surface area contributed by atoms with Crippen LogP contribution in [0.3, 0.4) is 0 Å². The molecule has 0 spiro atoms. The lowest BCUT2D eigenvalue weighted by Gasteiger charge is -2.33. The van der Waals surface area contributed by atoms with Crippen LogP contribution in [0.15, 0.2) is 36.4 Å². The summed E-state index contributed by atoms with van der Waals surface area (Å²) in [5.41, 5.74) is -0.428. The van der Waals surface area contributed by atoms with Gasteiger partial charge in [0.25, 0.3) is 0 Å². The molecule has 1 heterocycles. The number of amides is 1. The number of carbonyl (C=O) groups excluding carboxylic acids is 1. The minimum Gasteiger partial charge on any atom is -0.481 e. The van der Waals surface area contributed by atoms with E-state index in [9.17, 15) is 35.9 Å². The van der Waals surface area contributed by atoms with E-state index in [1.807, 2.05) is 25.1 Å². The van der Waals surface area contributed by atoms with E-state index in [1.165, 1.54) is 4.90 Å². The van der Waals surface area contributed by atoms with Gasteiger partial charge in [-0.1, -0.05) is 37.1 Å². The van der Waals surface area contributed by atoms with Crippen molar-refractivity contribution in [1.29, 1.82) is 0 Å². The van der Waals surface area contributed by atoms with Crippen LogP contribution >= 0.6 is 0 Å². The molecule has 0 bridgehead atoms. The Morgan fingerprint density at radius 2 is 1.59 bits per heavy atom. The standard InChI is InChI=1S/C33H39F6NO4/c1-4-22(23-9-6-21(7-10-23)14-29(41)42)11-12-24-8-5-19(2)13-26(24)18-40-20(3)30(44-31(40)43)25-15-27(32(34,35)36)17-28(16-25)33(37,38)39/h5,8,13,15-17,20-23,30H,4,6-7,9-12,14,18H2,1-3H3,(H,41,42)/t20-,21?,22?,23?,30-/m0/s1. The van der Waals surface area contributed by atoms with E-state index in [0.29, 0.717) is 24.0 Å². The van der Waals surface area contributed by atoms with Gasteiger partial charge in [0.2, 0.25) is 0 Å². The van der Waals surface area contributed by atoms with Crippen molar-refractivity contribution < 1.29 is 45.8 Å². The molecule has 242 valence electrons. The van der Waals surface area contributed by atoms with Crippen molar-refractivity contribution in [3.8, 4) is 0 Å². The van der Waals surface area contributed by atoms with Gasteiger partial charge in [-0.25, -0.2) is 4.79 Å². The Labute approximate surface area is 253 Å². The van der Waals surface area contributed by atoms with Crippen molar-refractivity contribution in [2.75, 3.05) is 0 Å². The lowest BCUT2D eigenvalue weighted by molar-refractivity contribution is -0.143. The third kappa shape index (κ3) is 8.07. The molecule has 5 nitrogen and oxygen atoms in total. The highest BCUT2D eigenvalue weighted by Crippen LogP contribution is 2.42. The topological polar surface area (TPSA) is 66.8 Å². The monoisotopic (exact) mass is 627 g/mol. The molecule has 0 aromatic heterocycles. The summed E-state index contributed by atoms with van der Waals surface area (Å²) in [6.07, 6.45) is -5.44. The SMILES string of the molecule is CCC(CCc1ccc(C)cc1CN1C(=O)O[C@H](c2cc(C(F)(F)F)cc(C(F)(F)F)c2)[C@@H]1C)C1CCC(CC(=O)O)CC1. The maximum atomic E-state index is 13.5. The van der Waals surface area contributed by atoms with Crippen molar-refractivity contribution in [3.63, 3.8) is 0 Å². The molecule has 1 unspecified atom stereocenters. The third-order valence-corrected chi connectivity index (χ3v) is 9.36. The number of benzene rings is 2. The van der Waals surface area contributed by atoms with E-state index in [4.69, 9.17) is 9.84 Å². The van der Waals surface area contributed by atoms with Crippen LogP contribution in [0.2, 0.25) is 0 Å². The first-order chi connectivity index (χ1) is 20.6. The molecule has 2 fully saturated rings. The zero-order valence-electron chi connectivity index (χ0n) is 25.1. The fourth-order valence-corrected chi connectivity index (χ4v) is 6.86. The van der Waals surface area contributed by atoms with Gasteiger partial charge in [0, 0.05) is 13.0 Å². The normalized spacial score (nSPS) is 23.5. The van der Waals surface area contributed by atoms with Crippen LogP contribution in [0, 0.1) is 24.7 Å². The van der Waals surface area contributed by atoms with Crippen LogP contribution in [-0.2, 0) is 34.8 Å². The molecular weight excluding hydrogens is 588 g/mol. The van der Waals surface area contributed by atoms with Gasteiger partial charge in [0.1, 0.15) is 6.10 Å². The highest BCUT2D eigenvalue weighted by Gasteiger charge is 2.43. The largest absolute Gasteiger partial charge is 0.481 e. The average molecular weight is 628 g/mol. The number of aryl methyl sites for hydroxylation is 2. The summed E-state index contributed by atoms with van der Waals surface area (Å²) in [4.78, 5) is 25.4. The molecule has 0 radical (unpaired) electrons. The number of aliphatic carboxylic acids is 1. The van der Waals surface area contributed by atoms with Gasteiger partial charge in [0.05, 0.1) is 17.2 Å². The molecule has 4 rings (SSSR count). The number of ether oxygens (including phenoxy) is 1. The fourth-order valence-electron chi connectivity index (χ4n) is 6.86. The Morgan fingerprint density at radius 3 is 2.14 bits per heavy atom. The third-order valence-electron chi connectivity index (χ3n) is 9.36. The molecule has 2 aliphatic rings. The van der Waals surface area contributed by atoms with E-state index in [-0.39, 0.29) is 30.5 Å². The second-order valence-electron chi connectivity index (χ2n) is 12.4. The highest BCUT2D eigenvalue weighted by atomic mass is 19.4. The summed E-state index contributed by atoms with van der Waals surface area (Å²) in [5.74, 6) is 0.448. The number of rotatable bonds is 10. The number of carboxylic acids is 1. The van der Waals surface area contributed by atoms with Crippen molar-refractivity contribution >= 4 is 12.1 Å². The predicted octanol–water partition coefficient (Wildman–Crippen LogP) is 9.35. The Hall–Kier alpha value is -3.24. The molecule has 1 amide bonds. The Bertz CT molecular complexity index is 1300. The average Bonchev–Trinajstić information content (AvgIpc) is 3.22. The molecule has 1 N–H and O–H groups in total. The van der Waals surface area contributed by atoms with E-state index in [2.05, 4.69) is 6.92 Å². The zero-order valence-corrected chi connectivity index (χ0v) is 25.1. The van der Waals surface area contributed by atoms with Gasteiger partial charge in [-0.2, -0.15) is 26.3 Å². The quantitative estimate of drug-likeness (QED) is 0.267. The van der Waals surface area contributed by atoms with Crippen LogP contribution in [-0.4, -0.2) is 28.1 Å². The van der Waals surface area contributed by atoms with Gasteiger partial charge in [0.15, 0.2) is 0 Å². The maximum Gasteiger partial charge on any atom is 0.416 e. The molecule has 1 saturated heterocycles. The van der Waals surface area contributed by atoms with Crippen LogP contribution in [0.25, 0.3) is 0 Å². The van der Waals surface area contributed by atoms with E-state index >= 15 is 0 Å². The molecule has 1 aliphatic carbocycles. The maximum absolute atomic E-state index is 13.5. The second-order valence-corrected chi connectivity index (χ2v) is 12.4. The fraction of sp³-hybridized carbons (Fsp3) is 0.576. The Kier molecular flexibility index (Phi) is 10.2. The molecule has 1 saturated carbocycles. The van der Waals surface area contributed by atoms with Crippen molar-refractivity contribution in [2.45, 2.75) is 103 Å². The first-order valence-corrected chi connectivity index (χ1v) is 15.1. The summed E-state index contributed by atoms with van der Waals surface area (Å²) in [6.45, 7) is 5.74. The molecule has 2 aromatic carbocycles. The molecular formula is C33H39F6NO4. The number of carboxylic acid groups (broad SMARTS) is 1. The van der Waals surface area contributed by atoms with Crippen LogP contribution in [0.4, 0.5) is 31.1 Å². The summed E-state index contributed by atoms with van der Waals surface area (Å²) in [7, 11) is 0. The van der Waals surface area contributed by atoms with Crippen LogP contribution in [0.1, 0.15) is 98.3 Å². The van der Waals surface area contributed by atoms with E-state index < -0.39 is 47.7 Å². The lowest BCUT2D eigenvalue weighted by Crippen LogP contribution is -2.32. The lowest BCUT2D eigenvalue weighted by atomic mass is 9.72. The second kappa shape index (κ2) is 13.4.